The van der Waals surface area contributed by atoms with Crippen LogP contribution in [0, 0.1) is 5.92 Å². The van der Waals surface area contributed by atoms with Gasteiger partial charge in [0.1, 0.15) is 5.69 Å². The van der Waals surface area contributed by atoms with Gasteiger partial charge in [-0.15, -0.1) is 0 Å². The minimum Gasteiger partial charge on any atom is -0.339 e. The van der Waals surface area contributed by atoms with Gasteiger partial charge in [-0.2, -0.15) is 5.10 Å². The summed E-state index contributed by atoms with van der Waals surface area (Å²) in [6.45, 7) is 3.35. The third kappa shape index (κ3) is 3.96. The maximum absolute atomic E-state index is 12.6. The molecule has 6 nitrogen and oxygen atoms in total. The molecule has 0 atom stereocenters. The number of piperidine rings is 1. The molecular weight excluding hydrogens is 352 g/mol. The van der Waals surface area contributed by atoms with Crippen LogP contribution >= 0.6 is 0 Å². The number of aryl methyl sites for hydroxylation is 1. The van der Waals surface area contributed by atoms with Crippen molar-refractivity contribution in [3.63, 3.8) is 0 Å². The summed E-state index contributed by atoms with van der Waals surface area (Å²) in [6.07, 6.45) is 6.93. The molecule has 2 amide bonds. The number of amides is 2. The first-order chi connectivity index (χ1) is 13.6. The molecule has 2 aliphatic rings. The maximum Gasteiger partial charge on any atom is 0.272 e. The summed E-state index contributed by atoms with van der Waals surface area (Å²) >= 11 is 0. The maximum atomic E-state index is 12.6. The molecule has 6 heteroatoms. The van der Waals surface area contributed by atoms with E-state index in [-0.39, 0.29) is 11.8 Å². The Morgan fingerprint density at radius 1 is 0.929 bits per heavy atom. The molecule has 2 aliphatic heterocycles. The first-order valence-corrected chi connectivity index (χ1v) is 10.3. The van der Waals surface area contributed by atoms with Crippen molar-refractivity contribution in [2.24, 2.45) is 13.0 Å². The van der Waals surface area contributed by atoms with Gasteiger partial charge in [-0.25, -0.2) is 0 Å². The summed E-state index contributed by atoms with van der Waals surface area (Å²) in [5, 5.41) is 4.09. The van der Waals surface area contributed by atoms with Crippen LogP contribution in [0.3, 0.4) is 0 Å². The van der Waals surface area contributed by atoms with Crippen molar-refractivity contribution in [2.75, 3.05) is 26.2 Å². The summed E-state index contributed by atoms with van der Waals surface area (Å²) < 4.78 is 1.64. The van der Waals surface area contributed by atoms with Crippen molar-refractivity contribution < 1.29 is 9.59 Å². The molecule has 0 radical (unpaired) electrons. The highest BCUT2D eigenvalue weighted by atomic mass is 16.2. The lowest BCUT2D eigenvalue weighted by atomic mass is 9.89. The molecule has 1 aromatic heterocycles. The van der Waals surface area contributed by atoms with Crippen molar-refractivity contribution in [1.82, 2.24) is 19.6 Å². The molecule has 0 bridgehead atoms. The Balaban J connectivity index is 1.29. The summed E-state index contributed by atoms with van der Waals surface area (Å²) in [7, 11) is 1.80. The van der Waals surface area contributed by atoms with Crippen LogP contribution in [0.25, 0.3) is 0 Å². The van der Waals surface area contributed by atoms with Gasteiger partial charge in [0.15, 0.2) is 0 Å². The van der Waals surface area contributed by atoms with Crippen molar-refractivity contribution in [2.45, 2.75) is 32.1 Å². The summed E-state index contributed by atoms with van der Waals surface area (Å²) in [4.78, 5) is 28.9. The van der Waals surface area contributed by atoms with Crippen LogP contribution in [0.4, 0.5) is 0 Å². The Labute approximate surface area is 166 Å². The van der Waals surface area contributed by atoms with Crippen LogP contribution < -0.4 is 0 Å². The lowest BCUT2D eigenvalue weighted by molar-refractivity contribution is 0.0679. The number of likely N-dealkylation sites (tertiary alicyclic amines) is 2. The first kappa shape index (κ1) is 18.7. The zero-order chi connectivity index (χ0) is 19.5. The third-order valence-electron chi connectivity index (χ3n) is 6.06. The molecule has 0 spiro atoms. The van der Waals surface area contributed by atoms with Crippen LogP contribution in [0.15, 0.2) is 36.5 Å². The van der Waals surface area contributed by atoms with Crippen LogP contribution in [0.1, 0.15) is 52.1 Å². The van der Waals surface area contributed by atoms with E-state index < -0.39 is 0 Å². The SMILES string of the molecule is Cn1nccc1C(=O)N1CCC(Cc2ccc(C(=O)N3CCCC3)cc2)CC1. The second-order valence-electron chi connectivity index (χ2n) is 7.98. The van der Waals surface area contributed by atoms with Crippen LogP contribution in [0.5, 0.6) is 0 Å². The highest BCUT2D eigenvalue weighted by Crippen LogP contribution is 2.23. The minimum absolute atomic E-state index is 0.0724. The fourth-order valence-electron chi connectivity index (χ4n) is 4.31. The second-order valence-corrected chi connectivity index (χ2v) is 7.98. The molecule has 2 aromatic rings. The van der Waals surface area contributed by atoms with Crippen LogP contribution in [0.2, 0.25) is 0 Å². The quantitative estimate of drug-likeness (QED) is 0.820. The van der Waals surface area contributed by atoms with E-state index in [0.717, 1.165) is 63.8 Å². The van der Waals surface area contributed by atoms with Crippen molar-refractivity contribution in [1.29, 1.82) is 0 Å². The van der Waals surface area contributed by atoms with E-state index in [9.17, 15) is 9.59 Å². The van der Waals surface area contributed by atoms with Gasteiger partial charge in [0, 0.05) is 45.0 Å². The molecule has 0 unspecified atom stereocenters. The molecule has 0 saturated carbocycles. The third-order valence-corrected chi connectivity index (χ3v) is 6.06. The van der Waals surface area contributed by atoms with Gasteiger partial charge in [-0.3, -0.25) is 14.3 Å². The molecule has 2 saturated heterocycles. The van der Waals surface area contributed by atoms with Crippen LogP contribution in [-0.2, 0) is 13.5 Å². The molecule has 148 valence electrons. The van der Waals surface area contributed by atoms with E-state index in [1.807, 2.05) is 21.9 Å². The molecule has 0 N–H and O–H groups in total. The second kappa shape index (κ2) is 8.17. The van der Waals surface area contributed by atoms with Gasteiger partial charge in [0.2, 0.25) is 0 Å². The number of hydrogen-bond acceptors (Lipinski definition) is 3. The van der Waals surface area contributed by atoms with Gasteiger partial charge in [0.25, 0.3) is 11.8 Å². The van der Waals surface area contributed by atoms with E-state index >= 15 is 0 Å². The highest BCUT2D eigenvalue weighted by Gasteiger charge is 2.25. The highest BCUT2D eigenvalue weighted by molar-refractivity contribution is 5.94. The Bertz CT molecular complexity index is 828. The van der Waals surface area contributed by atoms with Gasteiger partial charge < -0.3 is 9.80 Å². The van der Waals surface area contributed by atoms with Gasteiger partial charge in [-0.1, -0.05) is 12.1 Å². The lowest BCUT2D eigenvalue weighted by Gasteiger charge is -2.32. The number of hydrogen-bond donors (Lipinski definition) is 0. The number of carbonyl (C=O) groups is 2. The summed E-state index contributed by atoms with van der Waals surface area (Å²) in [5.74, 6) is 0.810. The summed E-state index contributed by atoms with van der Waals surface area (Å²) in [6, 6.07) is 9.90. The van der Waals surface area contributed by atoms with Crippen molar-refractivity contribution in [3.8, 4) is 0 Å². The molecule has 1 aromatic carbocycles. The monoisotopic (exact) mass is 380 g/mol. The van der Waals surface area contributed by atoms with Gasteiger partial charge >= 0.3 is 0 Å². The topological polar surface area (TPSA) is 58.4 Å². The number of carbonyl (C=O) groups excluding carboxylic acids is 2. The first-order valence-electron chi connectivity index (χ1n) is 10.3. The zero-order valence-electron chi connectivity index (χ0n) is 16.5. The van der Waals surface area contributed by atoms with Crippen molar-refractivity contribution >= 4 is 11.8 Å². The largest absolute Gasteiger partial charge is 0.339 e. The van der Waals surface area contributed by atoms with E-state index in [0.29, 0.717) is 11.6 Å². The average Bonchev–Trinajstić information content (AvgIpc) is 3.40. The molecular formula is C22H28N4O2. The Morgan fingerprint density at radius 2 is 1.57 bits per heavy atom. The average molecular weight is 380 g/mol. The smallest absolute Gasteiger partial charge is 0.272 e. The van der Waals surface area contributed by atoms with Crippen molar-refractivity contribution in [3.05, 3.63) is 53.3 Å². The van der Waals surface area contributed by atoms with E-state index in [4.69, 9.17) is 0 Å². The number of aromatic nitrogens is 2. The van der Waals surface area contributed by atoms with Crippen LogP contribution in [-0.4, -0.2) is 57.6 Å². The van der Waals surface area contributed by atoms with Gasteiger partial charge in [-0.05, 0) is 61.8 Å². The fourth-order valence-corrected chi connectivity index (χ4v) is 4.31. The Hall–Kier alpha value is -2.63. The number of nitrogens with zero attached hydrogens (tertiary/aromatic N) is 4. The van der Waals surface area contributed by atoms with Gasteiger partial charge in [0.05, 0.1) is 0 Å². The predicted octanol–water partition coefficient (Wildman–Crippen LogP) is 2.75. The molecule has 3 heterocycles. The Kier molecular flexibility index (Phi) is 5.46. The van der Waals surface area contributed by atoms with E-state index in [1.165, 1.54) is 5.56 Å². The fraction of sp³-hybridized carbons (Fsp3) is 0.500. The summed E-state index contributed by atoms with van der Waals surface area (Å²) in [5.41, 5.74) is 2.72. The molecule has 28 heavy (non-hydrogen) atoms. The zero-order valence-corrected chi connectivity index (χ0v) is 16.5. The molecule has 0 aliphatic carbocycles. The van der Waals surface area contributed by atoms with E-state index in [1.54, 1.807) is 24.0 Å². The number of rotatable bonds is 4. The minimum atomic E-state index is 0.0724. The molecule has 2 fully saturated rings. The molecule has 4 rings (SSSR count). The Morgan fingerprint density at radius 3 is 2.18 bits per heavy atom. The lowest BCUT2D eigenvalue weighted by Crippen LogP contribution is -2.39. The predicted molar refractivity (Wildman–Crippen MR) is 107 cm³/mol. The standard InChI is InChI=1S/C22H28N4O2/c1-24-20(8-11-23-24)22(28)26-14-9-18(10-15-26)16-17-4-6-19(7-5-17)21(27)25-12-2-3-13-25/h4-8,11,18H,2-3,9-10,12-16H2,1H3. The van der Waals surface area contributed by atoms with E-state index in [2.05, 4.69) is 17.2 Å². The normalized spacial score (nSPS) is 17.9. The number of benzene rings is 1.